The average molecular weight is 287 g/mol. The summed E-state index contributed by atoms with van der Waals surface area (Å²) in [6.45, 7) is 11.2. The highest BCUT2D eigenvalue weighted by Gasteiger charge is 2.17. The number of furan rings is 1. The quantitative estimate of drug-likeness (QED) is 0.716. The van der Waals surface area contributed by atoms with Crippen molar-refractivity contribution in [3.63, 3.8) is 0 Å². The van der Waals surface area contributed by atoms with Crippen molar-refractivity contribution in [3.8, 4) is 0 Å². The van der Waals surface area contributed by atoms with Crippen LogP contribution in [0.4, 0.5) is 0 Å². The van der Waals surface area contributed by atoms with Gasteiger partial charge in [0.15, 0.2) is 0 Å². The number of nitrogens with one attached hydrogen (secondary N) is 1. The number of rotatable bonds is 7. The summed E-state index contributed by atoms with van der Waals surface area (Å²) in [6, 6.07) is 9.06. The lowest BCUT2D eigenvalue weighted by Crippen LogP contribution is -2.29. The third-order valence-corrected chi connectivity index (χ3v) is 4.23. The summed E-state index contributed by atoms with van der Waals surface area (Å²) in [4.78, 5) is 0. The Kier molecular flexibility index (Phi) is 5.46. The number of aryl methyl sites for hydroxylation is 1. The molecule has 116 valence electrons. The van der Waals surface area contributed by atoms with Gasteiger partial charge in [-0.05, 0) is 44.7 Å². The van der Waals surface area contributed by atoms with Crippen LogP contribution in [0.15, 0.2) is 28.7 Å². The highest BCUT2D eigenvalue weighted by Crippen LogP contribution is 2.29. The van der Waals surface area contributed by atoms with Crippen molar-refractivity contribution in [2.24, 2.45) is 5.92 Å². The van der Waals surface area contributed by atoms with Crippen LogP contribution in [-0.2, 0) is 0 Å². The molecule has 0 saturated heterocycles. The minimum Gasteiger partial charge on any atom is -0.459 e. The fourth-order valence-corrected chi connectivity index (χ4v) is 3.02. The SMILES string of the molecule is Cc1c(C(C)NC(C)CCCC(C)C)oc2ccccc12. The topological polar surface area (TPSA) is 25.2 Å². The second-order valence-corrected chi connectivity index (χ2v) is 6.70. The van der Waals surface area contributed by atoms with Gasteiger partial charge in [-0.2, -0.15) is 0 Å². The monoisotopic (exact) mass is 287 g/mol. The molecule has 0 aliphatic rings. The van der Waals surface area contributed by atoms with Crippen LogP contribution >= 0.6 is 0 Å². The number of benzene rings is 1. The van der Waals surface area contributed by atoms with E-state index in [1.54, 1.807) is 0 Å². The lowest BCUT2D eigenvalue weighted by atomic mass is 10.0. The van der Waals surface area contributed by atoms with Crippen LogP contribution in [-0.4, -0.2) is 6.04 Å². The van der Waals surface area contributed by atoms with E-state index in [2.05, 4.69) is 52.1 Å². The highest BCUT2D eigenvalue weighted by atomic mass is 16.3. The number of hydrogen-bond acceptors (Lipinski definition) is 2. The normalized spacial score (nSPS) is 14.8. The summed E-state index contributed by atoms with van der Waals surface area (Å²) in [5, 5.41) is 4.91. The number of fused-ring (bicyclic) bond motifs is 1. The van der Waals surface area contributed by atoms with Gasteiger partial charge in [0.25, 0.3) is 0 Å². The first kappa shape index (κ1) is 16.1. The molecule has 0 radical (unpaired) electrons. The van der Waals surface area contributed by atoms with Crippen LogP contribution < -0.4 is 5.32 Å². The summed E-state index contributed by atoms with van der Waals surface area (Å²) in [6.07, 6.45) is 3.82. The molecule has 1 heterocycles. The van der Waals surface area contributed by atoms with Gasteiger partial charge in [0.1, 0.15) is 11.3 Å². The van der Waals surface area contributed by atoms with Crippen LogP contribution in [0.1, 0.15) is 64.3 Å². The van der Waals surface area contributed by atoms with E-state index in [0.717, 1.165) is 17.3 Å². The average Bonchev–Trinajstić information content (AvgIpc) is 2.76. The van der Waals surface area contributed by atoms with E-state index in [9.17, 15) is 0 Å². The van der Waals surface area contributed by atoms with Crippen molar-refractivity contribution in [3.05, 3.63) is 35.6 Å². The van der Waals surface area contributed by atoms with Gasteiger partial charge in [0, 0.05) is 11.4 Å². The highest BCUT2D eigenvalue weighted by molar-refractivity contribution is 5.82. The van der Waals surface area contributed by atoms with Gasteiger partial charge >= 0.3 is 0 Å². The van der Waals surface area contributed by atoms with Gasteiger partial charge in [-0.25, -0.2) is 0 Å². The van der Waals surface area contributed by atoms with Gasteiger partial charge in [0.2, 0.25) is 0 Å². The van der Waals surface area contributed by atoms with E-state index < -0.39 is 0 Å². The standard InChI is InChI=1S/C19H29NO/c1-13(2)9-8-10-14(3)20-16(5)19-15(4)17-11-6-7-12-18(17)21-19/h6-7,11-14,16,20H,8-10H2,1-5H3. The molecule has 1 aromatic heterocycles. The third kappa shape index (κ3) is 4.10. The van der Waals surface area contributed by atoms with E-state index >= 15 is 0 Å². The molecule has 2 heteroatoms. The second kappa shape index (κ2) is 7.13. The Hall–Kier alpha value is -1.28. The Bertz CT molecular complexity index is 570. The Morgan fingerprint density at radius 2 is 1.76 bits per heavy atom. The Morgan fingerprint density at radius 1 is 1.05 bits per heavy atom. The molecule has 2 nitrogen and oxygen atoms in total. The molecule has 0 aliphatic heterocycles. The van der Waals surface area contributed by atoms with Crippen LogP contribution in [0.3, 0.4) is 0 Å². The summed E-state index contributed by atoms with van der Waals surface area (Å²) in [7, 11) is 0. The maximum absolute atomic E-state index is 6.04. The van der Waals surface area contributed by atoms with Gasteiger partial charge < -0.3 is 9.73 Å². The smallest absolute Gasteiger partial charge is 0.134 e. The molecule has 2 unspecified atom stereocenters. The Morgan fingerprint density at radius 3 is 2.43 bits per heavy atom. The molecule has 0 fully saturated rings. The first-order chi connectivity index (χ1) is 9.99. The maximum atomic E-state index is 6.04. The zero-order valence-electron chi connectivity index (χ0n) is 14.1. The zero-order chi connectivity index (χ0) is 15.4. The minimum absolute atomic E-state index is 0.256. The molecule has 1 N–H and O–H groups in total. The van der Waals surface area contributed by atoms with Crippen LogP contribution in [0.5, 0.6) is 0 Å². The van der Waals surface area contributed by atoms with E-state index in [-0.39, 0.29) is 6.04 Å². The molecular weight excluding hydrogens is 258 g/mol. The van der Waals surface area contributed by atoms with Crippen LogP contribution in [0.2, 0.25) is 0 Å². The van der Waals surface area contributed by atoms with Crippen molar-refractivity contribution in [1.29, 1.82) is 0 Å². The largest absolute Gasteiger partial charge is 0.459 e. The van der Waals surface area contributed by atoms with Crippen molar-refractivity contribution < 1.29 is 4.42 Å². The Balaban J connectivity index is 1.98. The fourth-order valence-electron chi connectivity index (χ4n) is 3.02. The fraction of sp³-hybridized carbons (Fsp3) is 0.579. The number of para-hydroxylation sites is 1. The van der Waals surface area contributed by atoms with Crippen molar-refractivity contribution in [1.82, 2.24) is 5.32 Å². The zero-order valence-corrected chi connectivity index (χ0v) is 14.1. The third-order valence-electron chi connectivity index (χ3n) is 4.23. The first-order valence-electron chi connectivity index (χ1n) is 8.23. The molecule has 0 spiro atoms. The first-order valence-corrected chi connectivity index (χ1v) is 8.23. The summed E-state index contributed by atoms with van der Waals surface area (Å²) in [5.41, 5.74) is 2.26. The van der Waals surface area contributed by atoms with Gasteiger partial charge in [-0.1, -0.05) is 44.9 Å². The van der Waals surface area contributed by atoms with Crippen LogP contribution in [0.25, 0.3) is 11.0 Å². The summed E-state index contributed by atoms with van der Waals surface area (Å²) < 4.78 is 6.04. The summed E-state index contributed by atoms with van der Waals surface area (Å²) >= 11 is 0. The van der Waals surface area contributed by atoms with Gasteiger partial charge in [-0.15, -0.1) is 0 Å². The van der Waals surface area contributed by atoms with E-state index in [0.29, 0.717) is 6.04 Å². The van der Waals surface area contributed by atoms with Crippen molar-refractivity contribution in [2.75, 3.05) is 0 Å². The molecule has 2 aromatic rings. The van der Waals surface area contributed by atoms with E-state index in [1.165, 1.54) is 30.2 Å². The molecule has 0 amide bonds. The van der Waals surface area contributed by atoms with Crippen molar-refractivity contribution >= 4 is 11.0 Å². The number of hydrogen-bond donors (Lipinski definition) is 1. The van der Waals surface area contributed by atoms with E-state index in [1.807, 2.05) is 12.1 Å². The molecule has 2 atom stereocenters. The van der Waals surface area contributed by atoms with E-state index in [4.69, 9.17) is 4.42 Å². The predicted molar refractivity (Wildman–Crippen MR) is 90.7 cm³/mol. The van der Waals surface area contributed by atoms with Crippen molar-refractivity contribution in [2.45, 2.75) is 66.0 Å². The minimum atomic E-state index is 0.256. The molecule has 0 aliphatic carbocycles. The maximum Gasteiger partial charge on any atom is 0.134 e. The lowest BCUT2D eigenvalue weighted by Gasteiger charge is -2.19. The molecule has 0 bridgehead atoms. The second-order valence-electron chi connectivity index (χ2n) is 6.70. The molecule has 0 saturated carbocycles. The van der Waals surface area contributed by atoms with Gasteiger partial charge in [-0.3, -0.25) is 0 Å². The molecule has 2 rings (SSSR count). The predicted octanol–water partition coefficient (Wildman–Crippen LogP) is 5.61. The lowest BCUT2D eigenvalue weighted by molar-refractivity contribution is 0.384. The Labute approximate surface area is 128 Å². The molecular formula is C19H29NO. The molecule has 1 aromatic carbocycles. The van der Waals surface area contributed by atoms with Crippen LogP contribution in [0, 0.1) is 12.8 Å². The molecule has 21 heavy (non-hydrogen) atoms. The van der Waals surface area contributed by atoms with Gasteiger partial charge in [0.05, 0.1) is 6.04 Å². The summed E-state index contributed by atoms with van der Waals surface area (Å²) in [5.74, 6) is 1.87.